The van der Waals surface area contributed by atoms with Gasteiger partial charge in [-0.05, 0) is 24.6 Å². The SMILES string of the molecule is CCCn1cc(N)cc1C(=O)Nc1ccc(Cl)cn1. The lowest BCUT2D eigenvalue weighted by atomic mass is 10.3. The maximum atomic E-state index is 12.1. The number of aryl methyl sites for hydroxylation is 1. The van der Waals surface area contributed by atoms with Crippen LogP contribution in [-0.2, 0) is 6.54 Å². The van der Waals surface area contributed by atoms with Gasteiger partial charge in [-0.3, -0.25) is 4.79 Å². The van der Waals surface area contributed by atoms with Crippen molar-refractivity contribution in [3.8, 4) is 0 Å². The molecule has 6 heteroatoms. The summed E-state index contributed by atoms with van der Waals surface area (Å²) in [7, 11) is 0. The minimum Gasteiger partial charge on any atom is -0.397 e. The van der Waals surface area contributed by atoms with Gasteiger partial charge >= 0.3 is 0 Å². The normalized spacial score (nSPS) is 10.4. The predicted octanol–water partition coefficient (Wildman–Crippen LogP) is 2.78. The van der Waals surface area contributed by atoms with Gasteiger partial charge in [-0.1, -0.05) is 18.5 Å². The van der Waals surface area contributed by atoms with Crippen molar-refractivity contribution in [3.63, 3.8) is 0 Å². The van der Waals surface area contributed by atoms with E-state index in [-0.39, 0.29) is 5.91 Å². The highest BCUT2D eigenvalue weighted by molar-refractivity contribution is 6.30. The highest BCUT2D eigenvalue weighted by Crippen LogP contribution is 2.14. The minimum absolute atomic E-state index is 0.236. The van der Waals surface area contributed by atoms with Crippen molar-refractivity contribution in [2.24, 2.45) is 0 Å². The number of rotatable bonds is 4. The molecule has 2 aromatic rings. The van der Waals surface area contributed by atoms with Gasteiger partial charge in [0, 0.05) is 18.9 Å². The van der Waals surface area contributed by atoms with Gasteiger partial charge in [0.1, 0.15) is 11.5 Å². The Balaban J connectivity index is 2.17. The third-order valence-electron chi connectivity index (χ3n) is 2.58. The summed E-state index contributed by atoms with van der Waals surface area (Å²) >= 11 is 5.74. The molecular formula is C13H15ClN4O. The molecule has 0 aromatic carbocycles. The highest BCUT2D eigenvalue weighted by atomic mass is 35.5. The van der Waals surface area contributed by atoms with Crippen molar-refractivity contribution < 1.29 is 4.79 Å². The lowest BCUT2D eigenvalue weighted by molar-refractivity contribution is 0.101. The molecule has 3 N–H and O–H groups in total. The number of nitrogen functional groups attached to an aromatic ring is 1. The summed E-state index contributed by atoms with van der Waals surface area (Å²) in [5, 5.41) is 3.24. The zero-order valence-electron chi connectivity index (χ0n) is 10.6. The van der Waals surface area contributed by atoms with E-state index in [1.54, 1.807) is 24.4 Å². The van der Waals surface area contributed by atoms with E-state index < -0.39 is 0 Å². The van der Waals surface area contributed by atoms with Crippen LogP contribution in [0.4, 0.5) is 11.5 Å². The van der Waals surface area contributed by atoms with Crippen LogP contribution in [-0.4, -0.2) is 15.5 Å². The monoisotopic (exact) mass is 278 g/mol. The number of nitrogens with two attached hydrogens (primary N) is 1. The number of hydrogen-bond acceptors (Lipinski definition) is 3. The third kappa shape index (κ3) is 3.26. The fourth-order valence-corrected chi connectivity index (χ4v) is 1.89. The molecule has 100 valence electrons. The average Bonchev–Trinajstić information content (AvgIpc) is 2.74. The first-order valence-electron chi connectivity index (χ1n) is 5.98. The number of pyridine rings is 1. The van der Waals surface area contributed by atoms with Crippen LogP contribution in [0.3, 0.4) is 0 Å². The number of nitrogens with zero attached hydrogens (tertiary/aromatic N) is 2. The zero-order valence-corrected chi connectivity index (χ0v) is 11.3. The number of hydrogen-bond donors (Lipinski definition) is 2. The van der Waals surface area contributed by atoms with Gasteiger partial charge < -0.3 is 15.6 Å². The molecule has 2 heterocycles. The molecule has 0 atom stereocenters. The lowest BCUT2D eigenvalue weighted by Gasteiger charge is -2.08. The van der Waals surface area contributed by atoms with E-state index in [1.807, 2.05) is 11.5 Å². The molecule has 0 saturated heterocycles. The van der Waals surface area contributed by atoms with E-state index in [0.29, 0.717) is 22.2 Å². The van der Waals surface area contributed by atoms with E-state index in [1.165, 1.54) is 6.20 Å². The van der Waals surface area contributed by atoms with E-state index in [2.05, 4.69) is 10.3 Å². The molecule has 0 aliphatic rings. The number of aromatic nitrogens is 2. The average molecular weight is 279 g/mol. The summed E-state index contributed by atoms with van der Waals surface area (Å²) < 4.78 is 1.83. The summed E-state index contributed by atoms with van der Waals surface area (Å²) in [6.45, 7) is 2.78. The molecule has 5 nitrogen and oxygen atoms in total. The van der Waals surface area contributed by atoms with Crippen molar-refractivity contribution >= 4 is 29.0 Å². The molecule has 0 spiro atoms. The second-order valence-corrected chi connectivity index (χ2v) is 4.60. The standard InChI is InChI=1S/C13H15ClN4O/c1-2-5-18-8-10(15)6-11(18)13(19)17-12-4-3-9(14)7-16-12/h3-4,6-8H,2,5,15H2,1H3,(H,16,17,19). The zero-order chi connectivity index (χ0) is 13.8. The Labute approximate surface area is 116 Å². The Bertz CT molecular complexity index is 577. The number of carbonyl (C=O) groups is 1. The highest BCUT2D eigenvalue weighted by Gasteiger charge is 2.13. The van der Waals surface area contributed by atoms with Crippen LogP contribution in [0.15, 0.2) is 30.6 Å². The largest absolute Gasteiger partial charge is 0.397 e. The Morgan fingerprint density at radius 1 is 1.53 bits per heavy atom. The molecule has 0 aliphatic carbocycles. The maximum absolute atomic E-state index is 12.1. The van der Waals surface area contributed by atoms with Gasteiger partial charge in [0.2, 0.25) is 0 Å². The number of anilines is 2. The van der Waals surface area contributed by atoms with Crippen LogP contribution < -0.4 is 11.1 Å². The Kier molecular flexibility index (Phi) is 4.06. The number of nitrogens with one attached hydrogen (secondary N) is 1. The van der Waals surface area contributed by atoms with Gasteiger partial charge in [0.05, 0.1) is 10.7 Å². The second-order valence-electron chi connectivity index (χ2n) is 4.17. The first-order valence-corrected chi connectivity index (χ1v) is 6.36. The molecule has 19 heavy (non-hydrogen) atoms. The summed E-state index contributed by atoms with van der Waals surface area (Å²) in [5.74, 6) is 0.220. The molecule has 1 amide bonds. The molecule has 0 unspecified atom stereocenters. The summed E-state index contributed by atoms with van der Waals surface area (Å²) in [6, 6.07) is 4.97. The summed E-state index contributed by atoms with van der Waals surface area (Å²) in [6.07, 6.45) is 4.16. The quantitative estimate of drug-likeness (QED) is 0.903. The van der Waals surface area contributed by atoms with Crippen LogP contribution in [0.25, 0.3) is 0 Å². The van der Waals surface area contributed by atoms with Gasteiger partial charge in [0.15, 0.2) is 0 Å². The molecule has 0 bridgehead atoms. The van der Waals surface area contributed by atoms with Crippen molar-refractivity contribution in [1.82, 2.24) is 9.55 Å². The number of carbonyl (C=O) groups excluding carboxylic acids is 1. The van der Waals surface area contributed by atoms with Gasteiger partial charge in [-0.25, -0.2) is 4.98 Å². The van der Waals surface area contributed by atoms with E-state index in [4.69, 9.17) is 17.3 Å². The molecule has 0 radical (unpaired) electrons. The van der Waals surface area contributed by atoms with Crippen LogP contribution in [0.2, 0.25) is 5.02 Å². The number of halogens is 1. The first-order chi connectivity index (χ1) is 9.10. The lowest BCUT2D eigenvalue weighted by Crippen LogP contribution is -2.17. The predicted molar refractivity (Wildman–Crippen MR) is 76.3 cm³/mol. The van der Waals surface area contributed by atoms with Gasteiger partial charge in [-0.15, -0.1) is 0 Å². The molecule has 0 fully saturated rings. The molecular weight excluding hydrogens is 264 g/mol. The molecule has 0 aliphatic heterocycles. The Morgan fingerprint density at radius 2 is 2.32 bits per heavy atom. The summed E-state index contributed by atoms with van der Waals surface area (Å²) in [4.78, 5) is 16.2. The summed E-state index contributed by atoms with van der Waals surface area (Å²) in [5.41, 5.74) is 6.82. The van der Waals surface area contributed by atoms with Gasteiger partial charge in [-0.2, -0.15) is 0 Å². The van der Waals surface area contributed by atoms with Gasteiger partial charge in [0.25, 0.3) is 5.91 Å². The Morgan fingerprint density at radius 3 is 2.95 bits per heavy atom. The van der Waals surface area contributed by atoms with E-state index in [0.717, 1.165) is 13.0 Å². The first kappa shape index (κ1) is 13.4. The Hall–Kier alpha value is -2.01. The molecule has 2 aromatic heterocycles. The fourth-order valence-electron chi connectivity index (χ4n) is 1.78. The minimum atomic E-state index is -0.236. The van der Waals surface area contributed by atoms with Crippen LogP contribution in [0.5, 0.6) is 0 Å². The van der Waals surface area contributed by atoms with Crippen molar-refractivity contribution in [2.45, 2.75) is 19.9 Å². The van der Waals surface area contributed by atoms with E-state index >= 15 is 0 Å². The smallest absolute Gasteiger partial charge is 0.273 e. The van der Waals surface area contributed by atoms with Crippen LogP contribution in [0, 0.1) is 0 Å². The fraction of sp³-hybridized carbons (Fsp3) is 0.231. The maximum Gasteiger partial charge on any atom is 0.273 e. The molecule has 2 rings (SSSR count). The second kappa shape index (κ2) is 5.75. The third-order valence-corrected chi connectivity index (χ3v) is 2.81. The topological polar surface area (TPSA) is 72.9 Å². The number of amides is 1. The van der Waals surface area contributed by atoms with Crippen molar-refractivity contribution in [2.75, 3.05) is 11.1 Å². The van der Waals surface area contributed by atoms with E-state index in [9.17, 15) is 4.79 Å². The van der Waals surface area contributed by atoms with Crippen LogP contribution >= 0.6 is 11.6 Å². The van der Waals surface area contributed by atoms with Crippen molar-refractivity contribution in [1.29, 1.82) is 0 Å². The van der Waals surface area contributed by atoms with Crippen molar-refractivity contribution in [3.05, 3.63) is 41.3 Å². The van der Waals surface area contributed by atoms with Crippen LogP contribution in [0.1, 0.15) is 23.8 Å². The molecule has 0 saturated carbocycles.